The van der Waals surface area contributed by atoms with E-state index in [1.165, 1.54) is 16.8 Å². The Labute approximate surface area is 116 Å². The second-order valence-corrected chi connectivity index (χ2v) is 5.36. The number of nitrogens with one attached hydrogen (secondary N) is 1. The minimum atomic E-state index is 0.306. The first-order valence-corrected chi connectivity index (χ1v) is 6.84. The van der Waals surface area contributed by atoms with Crippen molar-refractivity contribution >= 4 is 15.9 Å². The van der Waals surface area contributed by atoms with Crippen LogP contribution in [-0.4, -0.2) is 9.78 Å². The lowest BCUT2D eigenvalue weighted by Crippen LogP contribution is -2.18. The first kappa shape index (κ1) is 13.3. The molecule has 0 saturated carbocycles. The lowest BCUT2D eigenvalue weighted by atomic mass is 10.1. The van der Waals surface area contributed by atoms with E-state index in [-0.39, 0.29) is 0 Å². The van der Waals surface area contributed by atoms with Crippen LogP contribution in [0.15, 0.2) is 34.9 Å². The molecular weight excluding hydrogens is 290 g/mol. The van der Waals surface area contributed by atoms with Crippen LogP contribution in [-0.2, 0) is 13.6 Å². The third kappa shape index (κ3) is 2.82. The van der Waals surface area contributed by atoms with Crippen LogP contribution in [0.4, 0.5) is 0 Å². The average molecular weight is 308 g/mol. The molecule has 1 N–H and O–H groups in total. The van der Waals surface area contributed by atoms with Crippen LogP contribution in [0, 0.1) is 6.92 Å². The maximum atomic E-state index is 4.25. The number of rotatable bonds is 4. The summed E-state index contributed by atoms with van der Waals surface area (Å²) >= 11 is 3.59. The van der Waals surface area contributed by atoms with E-state index in [0.29, 0.717) is 6.04 Å². The molecule has 4 heteroatoms. The second-order valence-electron chi connectivity index (χ2n) is 4.50. The molecule has 1 aromatic carbocycles. The smallest absolute Gasteiger partial charge is 0.0537 e. The van der Waals surface area contributed by atoms with Crippen LogP contribution < -0.4 is 5.32 Å². The molecule has 0 aliphatic heterocycles. The number of benzene rings is 1. The van der Waals surface area contributed by atoms with Gasteiger partial charge < -0.3 is 5.32 Å². The quantitative estimate of drug-likeness (QED) is 0.939. The summed E-state index contributed by atoms with van der Waals surface area (Å²) in [6, 6.07) is 8.61. The van der Waals surface area contributed by atoms with E-state index >= 15 is 0 Å². The van der Waals surface area contributed by atoms with E-state index in [4.69, 9.17) is 0 Å². The Morgan fingerprint density at radius 3 is 2.72 bits per heavy atom. The maximum Gasteiger partial charge on any atom is 0.0537 e. The number of hydrogen-bond acceptors (Lipinski definition) is 2. The standard InChI is InChI=1S/C14H18BrN3/c1-10(13-6-4-5-7-14(13)15)16-8-12-9-17-18(3)11(12)2/h4-7,9-10,16H,8H2,1-3H3/t10-/m0/s1. The van der Waals surface area contributed by atoms with Crippen LogP contribution in [0.5, 0.6) is 0 Å². The minimum Gasteiger partial charge on any atom is -0.306 e. The highest BCUT2D eigenvalue weighted by molar-refractivity contribution is 9.10. The lowest BCUT2D eigenvalue weighted by molar-refractivity contribution is 0.570. The Morgan fingerprint density at radius 2 is 2.11 bits per heavy atom. The van der Waals surface area contributed by atoms with Crippen LogP contribution in [0.1, 0.15) is 29.8 Å². The van der Waals surface area contributed by atoms with Crippen LogP contribution in [0.2, 0.25) is 0 Å². The fourth-order valence-electron chi connectivity index (χ4n) is 1.92. The SMILES string of the molecule is Cc1c(CN[C@@H](C)c2ccccc2Br)cnn1C. The third-order valence-corrected chi connectivity index (χ3v) is 4.03. The van der Waals surface area contributed by atoms with Crippen LogP contribution in [0.25, 0.3) is 0 Å². The first-order chi connectivity index (χ1) is 8.59. The molecule has 1 aromatic heterocycles. The van der Waals surface area contributed by atoms with Crippen molar-refractivity contribution in [2.24, 2.45) is 7.05 Å². The molecule has 2 aromatic rings. The Hall–Kier alpha value is -1.13. The molecule has 1 atom stereocenters. The Bertz CT molecular complexity index is 534. The van der Waals surface area contributed by atoms with Crippen molar-refractivity contribution < 1.29 is 0 Å². The Balaban J connectivity index is 2.03. The average Bonchev–Trinajstić information content (AvgIpc) is 2.68. The van der Waals surface area contributed by atoms with E-state index in [1.807, 2.05) is 24.0 Å². The molecule has 0 aliphatic rings. The molecule has 96 valence electrons. The summed E-state index contributed by atoms with van der Waals surface area (Å²) < 4.78 is 3.05. The molecule has 18 heavy (non-hydrogen) atoms. The predicted molar refractivity (Wildman–Crippen MR) is 77.3 cm³/mol. The molecule has 1 heterocycles. The van der Waals surface area contributed by atoms with Gasteiger partial charge in [-0.05, 0) is 25.5 Å². The van der Waals surface area contributed by atoms with Gasteiger partial charge in [-0.25, -0.2) is 0 Å². The van der Waals surface area contributed by atoms with E-state index in [0.717, 1.165) is 11.0 Å². The highest BCUT2D eigenvalue weighted by atomic mass is 79.9. The van der Waals surface area contributed by atoms with E-state index in [2.05, 4.69) is 58.4 Å². The maximum absolute atomic E-state index is 4.25. The number of halogens is 1. The van der Waals surface area contributed by atoms with Gasteiger partial charge in [0, 0.05) is 35.4 Å². The summed E-state index contributed by atoms with van der Waals surface area (Å²) in [5, 5.41) is 7.78. The number of nitrogens with zero attached hydrogens (tertiary/aromatic N) is 2. The minimum absolute atomic E-state index is 0.306. The molecule has 0 spiro atoms. The van der Waals surface area contributed by atoms with Gasteiger partial charge in [-0.3, -0.25) is 4.68 Å². The molecule has 2 rings (SSSR count). The first-order valence-electron chi connectivity index (χ1n) is 6.05. The Morgan fingerprint density at radius 1 is 1.39 bits per heavy atom. The zero-order valence-corrected chi connectivity index (χ0v) is 12.5. The van der Waals surface area contributed by atoms with Crippen molar-refractivity contribution in [2.75, 3.05) is 0 Å². The fourth-order valence-corrected chi connectivity index (χ4v) is 2.55. The van der Waals surface area contributed by atoms with Crippen LogP contribution >= 0.6 is 15.9 Å². The second kappa shape index (κ2) is 5.67. The van der Waals surface area contributed by atoms with Crippen molar-refractivity contribution in [1.82, 2.24) is 15.1 Å². The molecule has 0 unspecified atom stereocenters. The van der Waals surface area contributed by atoms with E-state index in [9.17, 15) is 0 Å². The summed E-state index contributed by atoms with van der Waals surface area (Å²) in [6.07, 6.45) is 1.93. The normalized spacial score (nSPS) is 12.7. The highest BCUT2D eigenvalue weighted by Crippen LogP contribution is 2.23. The van der Waals surface area contributed by atoms with Crippen molar-refractivity contribution in [3.05, 3.63) is 51.8 Å². The molecular formula is C14H18BrN3. The Kier molecular flexibility index (Phi) is 4.19. The summed E-state index contributed by atoms with van der Waals surface area (Å²) in [4.78, 5) is 0. The monoisotopic (exact) mass is 307 g/mol. The molecule has 0 radical (unpaired) electrons. The van der Waals surface area contributed by atoms with Crippen molar-refractivity contribution in [3.63, 3.8) is 0 Å². The molecule has 0 fully saturated rings. The summed E-state index contributed by atoms with van der Waals surface area (Å²) in [6.45, 7) is 5.10. The highest BCUT2D eigenvalue weighted by Gasteiger charge is 2.09. The molecule has 0 bridgehead atoms. The molecule has 0 saturated heterocycles. The van der Waals surface area contributed by atoms with Gasteiger partial charge >= 0.3 is 0 Å². The molecule has 0 amide bonds. The van der Waals surface area contributed by atoms with Gasteiger partial charge in [-0.15, -0.1) is 0 Å². The summed E-state index contributed by atoms with van der Waals surface area (Å²) in [5.41, 5.74) is 3.73. The van der Waals surface area contributed by atoms with Gasteiger partial charge in [0.05, 0.1) is 6.20 Å². The number of aromatic nitrogens is 2. The summed E-state index contributed by atoms with van der Waals surface area (Å²) in [7, 11) is 1.97. The van der Waals surface area contributed by atoms with Crippen molar-refractivity contribution in [3.8, 4) is 0 Å². The third-order valence-electron chi connectivity index (χ3n) is 3.31. The van der Waals surface area contributed by atoms with Crippen LogP contribution in [0.3, 0.4) is 0 Å². The van der Waals surface area contributed by atoms with Crippen molar-refractivity contribution in [1.29, 1.82) is 0 Å². The van der Waals surface area contributed by atoms with Gasteiger partial charge in [0.15, 0.2) is 0 Å². The number of hydrogen-bond donors (Lipinski definition) is 1. The predicted octanol–water partition coefficient (Wildman–Crippen LogP) is 3.34. The van der Waals surface area contributed by atoms with E-state index < -0.39 is 0 Å². The van der Waals surface area contributed by atoms with Gasteiger partial charge in [-0.1, -0.05) is 34.1 Å². The van der Waals surface area contributed by atoms with Crippen molar-refractivity contribution in [2.45, 2.75) is 26.4 Å². The zero-order valence-electron chi connectivity index (χ0n) is 10.9. The van der Waals surface area contributed by atoms with Gasteiger partial charge in [0.1, 0.15) is 0 Å². The number of aryl methyl sites for hydroxylation is 1. The van der Waals surface area contributed by atoms with E-state index in [1.54, 1.807) is 0 Å². The molecule has 0 aliphatic carbocycles. The topological polar surface area (TPSA) is 29.9 Å². The zero-order chi connectivity index (χ0) is 13.1. The van der Waals surface area contributed by atoms with Gasteiger partial charge in [-0.2, -0.15) is 5.10 Å². The lowest BCUT2D eigenvalue weighted by Gasteiger charge is -2.15. The fraction of sp³-hybridized carbons (Fsp3) is 0.357. The summed E-state index contributed by atoms with van der Waals surface area (Å²) in [5.74, 6) is 0. The molecule has 3 nitrogen and oxygen atoms in total. The van der Waals surface area contributed by atoms with Gasteiger partial charge in [0.2, 0.25) is 0 Å². The largest absolute Gasteiger partial charge is 0.306 e. The van der Waals surface area contributed by atoms with Gasteiger partial charge in [0.25, 0.3) is 0 Å².